The van der Waals surface area contributed by atoms with E-state index in [0.717, 1.165) is 18.7 Å². The summed E-state index contributed by atoms with van der Waals surface area (Å²) in [6.45, 7) is 2.60. The number of amides is 1. The molecule has 0 aliphatic rings. The van der Waals surface area contributed by atoms with Gasteiger partial charge in [-0.3, -0.25) is 4.79 Å². The Kier molecular flexibility index (Phi) is 5.85. The zero-order chi connectivity index (χ0) is 13.5. The average Bonchev–Trinajstić information content (AvgIpc) is 2.28. The molecule has 0 saturated carbocycles. The van der Waals surface area contributed by atoms with E-state index in [4.69, 9.17) is 11.6 Å². The fourth-order valence-electron chi connectivity index (χ4n) is 1.41. The second kappa shape index (κ2) is 7.16. The summed E-state index contributed by atoms with van der Waals surface area (Å²) in [5, 5.41) is 3.51. The van der Waals surface area contributed by atoms with Gasteiger partial charge in [-0.2, -0.15) is 0 Å². The first-order valence-electron chi connectivity index (χ1n) is 6.00. The van der Waals surface area contributed by atoms with Crippen molar-refractivity contribution in [1.82, 2.24) is 14.9 Å². The zero-order valence-electron chi connectivity index (χ0n) is 11.0. The van der Waals surface area contributed by atoms with Gasteiger partial charge in [-0.05, 0) is 6.42 Å². The van der Waals surface area contributed by atoms with E-state index in [-0.39, 0.29) is 5.91 Å². The lowest BCUT2D eigenvalue weighted by molar-refractivity contribution is -0.128. The number of nitrogens with zero attached hydrogens (tertiary/aromatic N) is 3. The highest BCUT2D eigenvalue weighted by molar-refractivity contribution is 6.29. The molecule has 18 heavy (non-hydrogen) atoms. The van der Waals surface area contributed by atoms with Gasteiger partial charge >= 0.3 is 0 Å². The minimum absolute atomic E-state index is 0.0800. The van der Waals surface area contributed by atoms with E-state index in [0.29, 0.717) is 23.9 Å². The van der Waals surface area contributed by atoms with Gasteiger partial charge in [0.2, 0.25) is 5.91 Å². The SMILES string of the molecule is CCCc1nc(Cl)cc(NCCC(=O)N(C)C)n1. The van der Waals surface area contributed by atoms with E-state index >= 15 is 0 Å². The van der Waals surface area contributed by atoms with Crippen molar-refractivity contribution in [2.24, 2.45) is 0 Å². The lowest BCUT2D eigenvalue weighted by Crippen LogP contribution is -2.24. The number of rotatable bonds is 6. The number of halogens is 1. The van der Waals surface area contributed by atoms with Gasteiger partial charge in [0.05, 0.1) is 0 Å². The molecule has 1 rings (SSSR count). The summed E-state index contributed by atoms with van der Waals surface area (Å²) in [7, 11) is 3.48. The molecule has 0 bridgehead atoms. The van der Waals surface area contributed by atoms with Crippen LogP contribution in [0.2, 0.25) is 5.15 Å². The standard InChI is InChI=1S/C12H19ClN4O/c1-4-5-10-15-9(13)8-11(16-10)14-7-6-12(18)17(2)3/h8H,4-7H2,1-3H3,(H,14,15,16). The Hall–Kier alpha value is -1.36. The van der Waals surface area contributed by atoms with Crippen molar-refractivity contribution >= 4 is 23.3 Å². The van der Waals surface area contributed by atoms with Crippen molar-refractivity contribution in [2.45, 2.75) is 26.2 Å². The summed E-state index contributed by atoms with van der Waals surface area (Å²) >= 11 is 5.91. The summed E-state index contributed by atoms with van der Waals surface area (Å²) in [6, 6.07) is 1.67. The first-order valence-corrected chi connectivity index (χ1v) is 6.38. The highest BCUT2D eigenvalue weighted by Crippen LogP contribution is 2.12. The van der Waals surface area contributed by atoms with E-state index in [1.807, 2.05) is 0 Å². The minimum atomic E-state index is 0.0800. The number of hydrogen-bond donors (Lipinski definition) is 1. The predicted octanol–water partition coefficient (Wildman–Crippen LogP) is 1.97. The number of aryl methyl sites for hydroxylation is 1. The van der Waals surface area contributed by atoms with Crippen LogP contribution in [0.4, 0.5) is 5.82 Å². The van der Waals surface area contributed by atoms with Crippen LogP contribution in [0.1, 0.15) is 25.6 Å². The Morgan fingerprint density at radius 1 is 1.44 bits per heavy atom. The topological polar surface area (TPSA) is 58.1 Å². The van der Waals surface area contributed by atoms with Gasteiger partial charge in [0.1, 0.15) is 16.8 Å². The first-order chi connectivity index (χ1) is 8.52. The molecule has 0 aliphatic carbocycles. The monoisotopic (exact) mass is 270 g/mol. The summed E-state index contributed by atoms with van der Waals surface area (Å²) in [6.07, 6.45) is 2.20. The van der Waals surface area contributed by atoms with Crippen LogP contribution in [0, 0.1) is 0 Å². The summed E-state index contributed by atoms with van der Waals surface area (Å²) < 4.78 is 0. The van der Waals surface area contributed by atoms with Crippen LogP contribution in [-0.4, -0.2) is 41.4 Å². The van der Waals surface area contributed by atoms with Gasteiger partial charge in [-0.1, -0.05) is 18.5 Å². The van der Waals surface area contributed by atoms with E-state index in [9.17, 15) is 4.79 Å². The molecule has 0 aromatic carbocycles. The Balaban J connectivity index is 2.54. The van der Waals surface area contributed by atoms with Crippen molar-refractivity contribution in [1.29, 1.82) is 0 Å². The molecule has 5 nitrogen and oxygen atoms in total. The van der Waals surface area contributed by atoms with E-state index in [2.05, 4.69) is 22.2 Å². The number of anilines is 1. The molecule has 0 radical (unpaired) electrons. The van der Waals surface area contributed by atoms with E-state index in [1.54, 1.807) is 25.1 Å². The lowest BCUT2D eigenvalue weighted by Gasteiger charge is -2.11. The largest absolute Gasteiger partial charge is 0.369 e. The van der Waals surface area contributed by atoms with Crippen LogP contribution in [0.25, 0.3) is 0 Å². The Morgan fingerprint density at radius 2 is 2.17 bits per heavy atom. The first kappa shape index (κ1) is 14.7. The molecule has 100 valence electrons. The maximum atomic E-state index is 11.4. The number of carbonyl (C=O) groups excluding carboxylic acids is 1. The molecule has 0 unspecified atom stereocenters. The smallest absolute Gasteiger partial charge is 0.223 e. The summed E-state index contributed by atoms with van der Waals surface area (Å²) in [5.41, 5.74) is 0. The average molecular weight is 271 g/mol. The van der Waals surface area contributed by atoms with Crippen molar-refractivity contribution in [2.75, 3.05) is 26.0 Å². The molecule has 0 aliphatic heterocycles. The fraction of sp³-hybridized carbons (Fsp3) is 0.583. The van der Waals surface area contributed by atoms with Crippen LogP contribution in [0.3, 0.4) is 0 Å². The lowest BCUT2D eigenvalue weighted by atomic mass is 10.3. The Bertz CT molecular complexity index is 409. The molecule has 1 aromatic heterocycles. The zero-order valence-corrected chi connectivity index (χ0v) is 11.8. The van der Waals surface area contributed by atoms with Crippen molar-refractivity contribution in [3.63, 3.8) is 0 Å². The predicted molar refractivity (Wildman–Crippen MR) is 72.8 cm³/mol. The molecule has 0 atom stereocenters. The summed E-state index contributed by atoms with van der Waals surface area (Å²) in [5.74, 6) is 1.48. The highest BCUT2D eigenvalue weighted by atomic mass is 35.5. The number of carbonyl (C=O) groups is 1. The second-order valence-corrected chi connectivity index (χ2v) is 4.59. The van der Waals surface area contributed by atoms with Crippen molar-refractivity contribution in [3.05, 3.63) is 17.0 Å². The molecule has 1 amide bonds. The molecule has 6 heteroatoms. The Morgan fingerprint density at radius 3 is 2.78 bits per heavy atom. The van der Waals surface area contributed by atoms with Crippen molar-refractivity contribution in [3.8, 4) is 0 Å². The molecule has 1 aromatic rings. The van der Waals surface area contributed by atoms with Gasteiger partial charge in [0.15, 0.2) is 0 Å². The molecule has 1 heterocycles. The molecule has 0 saturated heterocycles. The number of aromatic nitrogens is 2. The molecule has 0 fully saturated rings. The highest BCUT2D eigenvalue weighted by Gasteiger charge is 2.05. The van der Waals surface area contributed by atoms with Gasteiger partial charge in [0, 0.05) is 39.5 Å². The van der Waals surface area contributed by atoms with Crippen LogP contribution >= 0.6 is 11.6 Å². The third-order valence-corrected chi connectivity index (χ3v) is 2.55. The van der Waals surface area contributed by atoms with Crippen LogP contribution in [0.5, 0.6) is 0 Å². The van der Waals surface area contributed by atoms with Gasteiger partial charge < -0.3 is 10.2 Å². The van der Waals surface area contributed by atoms with Gasteiger partial charge in [-0.25, -0.2) is 9.97 Å². The van der Waals surface area contributed by atoms with Crippen LogP contribution in [-0.2, 0) is 11.2 Å². The summed E-state index contributed by atoms with van der Waals surface area (Å²) in [4.78, 5) is 21.4. The number of hydrogen-bond acceptors (Lipinski definition) is 4. The normalized spacial score (nSPS) is 10.2. The Labute approximate surface area is 113 Å². The molecule has 1 N–H and O–H groups in total. The molecular formula is C12H19ClN4O. The fourth-order valence-corrected chi connectivity index (χ4v) is 1.61. The third kappa shape index (κ3) is 4.87. The molecular weight excluding hydrogens is 252 g/mol. The number of nitrogens with one attached hydrogen (secondary N) is 1. The van der Waals surface area contributed by atoms with Crippen LogP contribution < -0.4 is 5.32 Å². The molecule has 0 spiro atoms. The maximum absolute atomic E-state index is 11.4. The van der Waals surface area contributed by atoms with Crippen molar-refractivity contribution < 1.29 is 4.79 Å². The minimum Gasteiger partial charge on any atom is -0.369 e. The van der Waals surface area contributed by atoms with E-state index < -0.39 is 0 Å². The van der Waals surface area contributed by atoms with Gasteiger partial charge in [0.25, 0.3) is 0 Å². The quantitative estimate of drug-likeness (QED) is 0.803. The maximum Gasteiger partial charge on any atom is 0.223 e. The third-order valence-electron chi connectivity index (χ3n) is 2.36. The van der Waals surface area contributed by atoms with E-state index in [1.165, 1.54) is 0 Å². The van der Waals surface area contributed by atoms with Gasteiger partial charge in [-0.15, -0.1) is 0 Å². The van der Waals surface area contributed by atoms with Crippen LogP contribution in [0.15, 0.2) is 6.07 Å². The second-order valence-electron chi connectivity index (χ2n) is 4.21.